The number of carbonyl (C=O) groups excluding carboxylic acids is 2. The minimum absolute atomic E-state index is 0.00399. The van der Waals surface area contributed by atoms with E-state index in [4.69, 9.17) is 5.11 Å². The summed E-state index contributed by atoms with van der Waals surface area (Å²) in [7, 11) is 0. The molecule has 0 heterocycles. The molecule has 0 fully saturated rings. The summed E-state index contributed by atoms with van der Waals surface area (Å²) >= 11 is 0. The van der Waals surface area contributed by atoms with E-state index in [1.54, 1.807) is 36.4 Å². The molecule has 0 aliphatic rings. The van der Waals surface area contributed by atoms with Gasteiger partial charge in [0.2, 0.25) is 11.8 Å². The van der Waals surface area contributed by atoms with Crippen molar-refractivity contribution in [2.75, 3.05) is 10.6 Å². The van der Waals surface area contributed by atoms with Crippen molar-refractivity contribution < 1.29 is 19.8 Å². The lowest BCUT2D eigenvalue weighted by molar-refractivity contribution is -0.124. The van der Waals surface area contributed by atoms with Crippen LogP contribution >= 0.6 is 0 Å². The molecule has 0 bridgehead atoms. The van der Waals surface area contributed by atoms with Crippen LogP contribution in [0, 0.1) is 24.7 Å². The summed E-state index contributed by atoms with van der Waals surface area (Å²) in [6.07, 6.45) is 1.58. The average molecular weight is 443 g/mol. The highest BCUT2D eigenvalue weighted by molar-refractivity contribution is 5.95. The zero-order valence-corrected chi connectivity index (χ0v) is 20.6. The number of aromatic hydroxyl groups is 2. The maximum absolute atomic E-state index is 12.0. The third kappa shape index (κ3) is 7.59. The summed E-state index contributed by atoms with van der Waals surface area (Å²) in [5.74, 6) is 0.487. The van der Waals surface area contributed by atoms with Gasteiger partial charge >= 0.3 is 0 Å². The third-order valence-corrected chi connectivity index (χ3v) is 5.87. The van der Waals surface area contributed by atoms with Gasteiger partial charge in [0.1, 0.15) is 11.5 Å². The van der Waals surface area contributed by atoms with Gasteiger partial charge in [0.15, 0.2) is 0 Å². The summed E-state index contributed by atoms with van der Waals surface area (Å²) in [5.41, 5.74) is 2.25. The highest BCUT2D eigenvalue weighted by atomic mass is 16.3. The van der Waals surface area contributed by atoms with E-state index in [0.29, 0.717) is 5.69 Å². The molecule has 176 valence electrons. The largest absolute Gasteiger partial charge is 0.508 e. The van der Waals surface area contributed by atoms with Gasteiger partial charge in [0.05, 0.1) is 0 Å². The Kier molecular flexibility index (Phi) is 9.31. The maximum Gasteiger partial charge on any atom is 0.230 e. The molecule has 32 heavy (non-hydrogen) atoms. The van der Waals surface area contributed by atoms with Gasteiger partial charge < -0.3 is 20.8 Å². The number of carbonyl (C=O) groups is 2. The minimum Gasteiger partial charge on any atom is -0.508 e. The Morgan fingerprint density at radius 1 is 0.750 bits per heavy atom. The quantitative estimate of drug-likeness (QED) is 0.403. The minimum atomic E-state index is -0.375. The Labute approximate surface area is 192 Å². The van der Waals surface area contributed by atoms with Crippen molar-refractivity contribution in [3.8, 4) is 11.5 Å². The third-order valence-electron chi connectivity index (χ3n) is 5.87. The van der Waals surface area contributed by atoms with Crippen molar-refractivity contribution in [3.05, 3.63) is 47.5 Å². The second kappa shape index (κ2) is 11.0. The SMILES string of the molecule is CCC(C)(C)C(=O)Nc1cc(C)c(O)c(C)c1.CCC(C)(C)C(=O)Nc1ccc(O)cc1. The van der Waals surface area contributed by atoms with E-state index < -0.39 is 0 Å². The molecule has 0 aliphatic carbocycles. The molecular weight excluding hydrogens is 404 g/mol. The first-order valence-electron chi connectivity index (χ1n) is 11.0. The van der Waals surface area contributed by atoms with E-state index in [-0.39, 0.29) is 34.1 Å². The first kappa shape index (κ1) is 27.0. The molecule has 0 saturated carbocycles. The molecule has 0 saturated heterocycles. The van der Waals surface area contributed by atoms with E-state index in [2.05, 4.69) is 10.6 Å². The van der Waals surface area contributed by atoms with Gasteiger partial charge in [-0.1, -0.05) is 41.5 Å². The molecule has 2 amide bonds. The molecule has 0 aromatic heterocycles. The van der Waals surface area contributed by atoms with E-state index >= 15 is 0 Å². The maximum atomic E-state index is 12.0. The van der Waals surface area contributed by atoms with Crippen LogP contribution in [0.2, 0.25) is 0 Å². The summed E-state index contributed by atoms with van der Waals surface area (Å²) in [5, 5.41) is 24.4. The Balaban J connectivity index is 0.000000323. The van der Waals surface area contributed by atoms with Gasteiger partial charge in [-0.25, -0.2) is 0 Å². The van der Waals surface area contributed by atoms with Crippen molar-refractivity contribution in [2.24, 2.45) is 10.8 Å². The fourth-order valence-corrected chi connectivity index (χ4v) is 2.49. The molecule has 2 aromatic carbocycles. The molecule has 0 unspecified atom stereocenters. The second-order valence-corrected chi connectivity index (χ2v) is 9.39. The van der Waals surface area contributed by atoms with Gasteiger partial charge in [0, 0.05) is 22.2 Å². The van der Waals surface area contributed by atoms with Crippen LogP contribution in [0.5, 0.6) is 11.5 Å². The monoisotopic (exact) mass is 442 g/mol. The summed E-state index contributed by atoms with van der Waals surface area (Å²) in [6.45, 7) is 15.3. The zero-order valence-electron chi connectivity index (χ0n) is 20.6. The van der Waals surface area contributed by atoms with Gasteiger partial charge in [-0.05, 0) is 74.2 Å². The van der Waals surface area contributed by atoms with E-state index in [1.807, 2.05) is 55.4 Å². The molecule has 0 aliphatic heterocycles. The van der Waals surface area contributed by atoms with Crippen LogP contribution in [0.1, 0.15) is 65.5 Å². The standard InChI is InChI=1S/C14H21NO2.C12H17NO2/c1-6-14(4,5)13(17)15-11-7-9(2)12(16)10(3)8-11;1-4-12(2,3)11(15)13-9-5-7-10(14)8-6-9/h7-8,16H,6H2,1-5H3,(H,15,17);5-8,14H,4H2,1-3H3,(H,13,15). The molecule has 4 N–H and O–H groups in total. The zero-order chi connectivity index (χ0) is 24.7. The molecule has 6 nitrogen and oxygen atoms in total. The van der Waals surface area contributed by atoms with Crippen LogP contribution in [0.3, 0.4) is 0 Å². The predicted molar refractivity (Wildman–Crippen MR) is 131 cm³/mol. The summed E-state index contributed by atoms with van der Waals surface area (Å²) < 4.78 is 0. The highest BCUT2D eigenvalue weighted by Crippen LogP contribution is 2.28. The van der Waals surface area contributed by atoms with E-state index in [9.17, 15) is 14.7 Å². The number of phenolic OH excluding ortho intramolecular Hbond substituents is 2. The molecular formula is C26H38N2O4. The normalized spacial score (nSPS) is 11.2. The topological polar surface area (TPSA) is 98.7 Å². The fourth-order valence-electron chi connectivity index (χ4n) is 2.49. The van der Waals surface area contributed by atoms with Gasteiger partial charge in [-0.15, -0.1) is 0 Å². The summed E-state index contributed by atoms with van der Waals surface area (Å²) in [6, 6.07) is 10.0. The first-order valence-corrected chi connectivity index (χ1v) is 11.0. The Morgan fingerprint density at radius 2 is 1.12 bits per heavy atom. The predicted octanol–water partition coefficient (Wildman–Crippen LogP) is 6.15. The van der Waals surface area contributed by atoms with Crippen molar-refractivity contribution in [2.45, 2.75) is 68.2 Å². The lowest BCUT2D eigenvalue weighted by atomic mass is 9.89. The number of rotatable bonds is 6. The fraction of sp³-hybridized carbons (Fsp3) is 0.462. The molecule has 0 spiro atoms. The van der Waals surface area contributed by atoms with E-state index in [0.717, 1.165) is 29.7 Å². The van der Waals surface area contributed by atoms with Crippen LogP contribution in [0.4, 0.5) is 11.4 Å². The van der Waals surface area contributed by atoms with Crippen molar-refractivity contribution >= 4 is 23.2 Å². The van der Waals surface area contributed by atoms with Crippen LogP contribution < -0.4 is 10.6 Å². The number of benzene rings is 2. The van der Waals surface area contributed by atoms with Crippen LogP contribution in [0.15, 0.2) is 36.4 Å². The van der Waals surface area contributed by atoms with E-state index in [1.165, 1.54) is 0 Å². The van der Waals surface area contributed by atoms with Gasteiger partial charge in [0.25, 0.3) is 0 Å². The molecule has 6 heteroatoms. The van der Waals surface area contributed by atoms with Gasteiger partial charge in [-0.3, -0.25) is 9.59 Å². The summed E-state index contributed by atoms with van der Waals surface area (Å²) in [4.78, 5) is 23.8. The Bertz CT molecular complexity index is 908. The van der Waals surface area contributed by atoms with Crippen molar-refractivity contribution in [1.82, 2.24) is 0 Å². The molecule has 2 rings (SSSR count). The first-order chi connectivity index (χ1) is 14.7. The second-order valence-electron chi connectivity index (χ2n) is 9.39. The van der Waals surface area contributed by atoms with Crippen LogP contribution in [0.25, 0.3) is 0 Å². The van der Waals surface area contributed by atoms with Crippen LogP contribution in [-0.2, 0) is 9.59 Å². The Morgan fingerprint density at radius 3 is 1.50 bits per heavy atom. The number of anilines is 2. The molecule has 2 aromatic rings. The number of phenols is 2. The molecule has 0 radical (unpaired) electrons. The molecule has 0 atom stereocenters. The number of amides is 2. The Hall–Kier alpha value is -3.02. The number of hydrogen-bond acceptors (Lipinski definition) is 4. The number of hydrogen-bond donors (Lipinski definition) is 4. The van der Waals surface area contributed by atoms with Gasteiger partial charge in [-0.2, -0.15) is 0 Å². The van der Waals surface area contributed by atoms with Crippen molar-refractivity contribution in [1.29, 1.82) is 0 Å². The number of nitrogens with one attached hydrogen (secondary N) is 2. The number of aryl methyl sites for hydroxylation is 2. The average Bonchev–Trinajstić information content (AvgIpc) is 2.73. The smallest absolute Gasteiger partial charge is 0.230 e. The van der Waals surface area contributed by atoms with Crippen LogP contribution in [-0.4, -0.2) is 22.0 Å². The van der Waals surface area contributed by atoms with Crippen molar-refractivity contribution in [3.63, 3.8) is 0 Å². The lowest BCUT2D eigenvalue weighted by Gasteiger charge is -2.22. The lowest BCUT2D eigenvalue weighted by Crippen LogP contribution is -2.30. The highest BCUT2D eigenvalue weighted by Gasteiger charge is 2.26.